The molecule has 0 fully saturated rings. The highest BCUT2D eigenvalue weighted by Crippen LogP contribution is 2.29. The first kappa shape index (κ1) is 11.0. The highest BCUT2D eigenvalue weighted by molar-refractivity contribution is 7.98. The topological polar surface area (TPSA) is 26.0 Å². The SMILES string of the molecule is CCSCc1cc2ccc(CN)cc2s1. The number of nitrogens with two attached hydrogens (primary N) is 1. The summed E-state index contributed by atoms with van der Waals surface area (Å²) in [5.41, 5.74) is 6.85. The molecule has 0 bridgehead atoms. The molecular formula is C12H15NS2. The summed E-state index contributed by atoms with van der Waals surface area (Å²) >= 11 is 3.86. The molecule has 2 N–H and O–H groups in total. The van der Waals surface area contributed by atoms with Crippen molar-refractivity contribution in [3.63, 3.8) is 0 Å². The van der Waals surface area contributed by atoms with E-state index in [2.05, 4.69) is 31.2 Å². The van der Waals surface area contributed by atoms with Crippen LogP contribution in [0.3, 0.4) is 0 Å². The van der Waals surface area contributed by atoms with Crippen LogP contribution in [0.1, 0.15) is 17.4 Å². The highest BCUT2D eigenvalue weighted by atomic mass is 32.2. The molecule has 0 aliphatic carbocycles. The monoisotopic (exact) mass is 237 g/mol. The van der Waals surface area contributed by atoms with E-state index in [-0.39, 0.29) is 0 Å². The van der Waals surface area contributed by atoms with Gasteiger partial charge in [0.05, 0.1) is 0 Å². The van der Waals surface area contributed by atoms with Crippen molar-refractivity contribution in [2.24, 2.45) is 5.73 Å². The molecule has 0 amide bonds. The third kappa shape index (κ3) is 2.54. The predicted octanol–water partition coefficient (Wildman–Crippen LogP) is 3.61. The van der Waals surface area contributed by atoms with Crippen LogP contribution in [-0.2, 0) is 12.3 Å². The van der Waals surface area contributed by atoms with Crippen molar-refractivity contribution in [1.29, 1.82) is 0 Å². The molecule has 0 aliphatic heterocycles. The third-order valence-corrected chi connectivity index (χ3v) is 4.52. The van der Waals surface area contributed by atoms with Gasteiger partial charge in [0.25, 0.3) is 0 Å². The molecule has 1 nitrogen and oxygen atoms in total. The van der Waals surface area contributed by atoms with E-state index in [0.717, 1.165) is 5.75 Å². The number of thiophene rings is 1. The first-order chi connectivity index (χ1) is 7.33. The molecule has 15 heavy (non-hydrogen) atoms. The van der Waals surface area contributed by atoms with Crippen molar-refractivity contribution < 1.29 is 0 Å². The molecule has 0 saturated heterocycles. The van der Waals surface area contributed by atoms with Crippen molar-refractivity contribution >= 4 is 33.2 Å². The van der Waals surface area contributed by atoms with Crippen LogP contribution in [0.2, 0.25) is 0 Å². The molecule has 0 spiro atoms. The van der Waals surface area contributed by atoms with E-state index in [9.17, 15) is 0 Å². The smallest absolute Gasteiger partial charge is 0.0349 e. The molecular weight excluding hydrogens is 222 g/mol. The number of benzene rings is 1. The van der Waals surface area contributed by atoms with E-state index in [4.69, 9.17) is 5.73 Å². The summed E-state index contributed by atoms with van der Waals surface area (Å²) in [4.78, 5) is 1.46. The Kier molecular flexibility index (Phi) is 3.67. The lowest BCUT2D eigenvalue weighted by Gasteiger charge is -1.94. The van der Waals surface area contributed by atoms with E-state index < -0.39 is 0 Å². The van der Waals surface area contributed by atoms with Gasteiger partial charge in [-0.2, -0.15) is 11.8 Å². The fourth-order valence-corrected chi connectivity index (χ4v) is 3.43. The van der Waals surface area contributed by atoms with Gasteiger partial charge in [-0.05, 0) is 28.8 Å². The molecule has 1 aromatic carbocycles. The summed E-state index contributed by atoms with van der Waals surface area (Å²) < 4.78 is 1.37. The van der Waals surface area contributed by atoms with Gasteiger partial charge in [-0.3, -0.25) is 0 Å². The van der Waals surface area contributed by atoms with Crippen molar-refractivity contribution in [3.8, 4) is 0 Å². The van der Waals surface area contributed by atoms with Gasteiger partial charge >= 0.3 is 0 Å². The molecule has 1 heterocycles. The second-order valence-corrected chi connectivity index (χ2v) is 5.87. The molecule has 80 valence electrons. The van der Waals surface area contributed by atoms with E-state index in [0.29, 0.717) is 6.54 Å². The van der Waals surface area contributed by atoms with Gasteiger partial charge in [0, 0.05) is 21.9 Å². The Morgan fingerprint density at radius 2 is 2.20 bits per heavy atom. The van der Waals surface area contributed by atoms with Crippen molar-refractivity contribution in [2.45, 2.75) is 19.2 Å². The summed E-state index contributed by atoms with van der Waals surface area (Å²) in [5, 5.41) is 1.35. The highest BCUT2D eigenvalue weighted by Gasteiger charge is 2.02. The molecule has 1 aromatic heterocycles. The van der Waals surface area contributed by atoms with E-state index >= 15 is 0 Å². The van der Waals surface area contributed by atoms with Crippen LogP contribution in [0.15, 0.2) is 24.3 Å². The van der Waals surface area contributed by atoms with Gasteiger partial charge in [0.2, 0.25) is 0 Å². The maximum atomic E-state index is 5.63. The largest absolute Gasteiger partial charge is 0.326 e. The average Bonchev–Trinajstić information content (AvgIpc) is 2.67. The van der Waals surface area contributed by atoms with Crippen LogP contribution < -0.4 is 5.73 Å². The van der Waals surface area contributed by atoms with Crippen LogP contribution in [0.4, 0.5) is 0 Å². The van der Waals surface area contributed by atoms with Gasteiger partial charge in [-0.25, -0.2) is 0 Å². The fourth-order valence-electron chi connectivity index (χ4n) is 1.53. The molecule has 0 aliphatic rings. The fraction of sp³-hybridized carbons (Fsp3) is 0.333. The van der Waals surface area contributed by atoms with Crippen LogP contribution in [0.25, 0.3) is 10.1 Å². The second kappa shape index (κ2) is 5.01. The summed E-state index contributed by atoms with van der Waals surface area (Å²) in [7, 11) is 0. The lowest BCUT2D eigenvalue weighted by molar-refractivity contribution is 1.08. The Labute approximate surface area is 98.7 Å². The zero-order chi connectivity index (χ0) is 10.7. The quantitative estimate of drug-likeness (QED) is 0.879. The average molecular weight is 237 g/mol. The zero-order valence-corrected chi connectivity index (χ0v) is 10.5. The normalized spacial score (nSPS) is 11.1. The number of thioether (sulfide) groups is 1. The number of hydrogen-bond acceptors (Lipinski definition) is 3. The predicted molar refractivity (Wildman–Crippen MR) is 71.6 cm³/mol. The maximum Gasteiger partial charge on any atom is 0.0349 e. The number of fused-ring (bicyclic) bond motifs is 1. The van der Waals surface area contributed by atoms with Crippen LogP contribution >= 0.6 is 23.1 Å². The molecule has 2 rings (SSSR count). The van der Waals surface area contributed by atoms with Gasteiger partial charge in [-0.1, -0.05) is 19.1 Å². The number of rotatable bonds is 4. The lowest BCUT2D eigenvalue weighted by atomic mass is 10.2. The lowest BCUT2D eigenvalue weighted by Crippen LogP contribution is -1.94. The Balaban J connectivity index is 2.29. The minimum Gasteiger partial charge on any atom is -0.326 e. The Morgan fingerprint density at radius 1 is 1.33 bits per heavy atom. The van der Waals surface area contributed by atoms with Crippen molar-refractivity contribution in [2.75, 3.05) is 5.75 Å². The van der Waals surface area contributed by atoms with E-state index in [1.807, 2.05) is 23.1 Å². The maximum absolute atomic E-state index is 5.63. The number of hydrogen-bond donors (Lipinski definition) is 1. The molecule has 2 aromatic rings. The van der Waals surface area contributed by atoms with Crippen LogP contribution in [0.5, 0.6) is 0 Å². The summed E-state index contributed by atoms with van der Waals surface area (Å²) in [6.45, 7) is 2.83. The first-order valence-electron chi connectivity index (χ1n) is 5.12. The molecule has 0 radical (unpaired) electrons. The first-order valence-corrected chi connectivity index (χ1v) is 7.09. The summed E-state index contributed by atoms with van der Waals surface area (Å²) in [5.74, 6) is 2.32. The Bertz CT molecular complexity index is 448. The van der Waals surface area contributed by atoms with Gasteiger partial charge in [0.1, 0.15) is 0 Å². The van der Waals surface area contributed by atoms with Gasteiger partial charge in [-0.15, -0.1) is 11.3 Å². The molecule has 0 atom stereocenters. The zero-order valence-electron chi connectivity index (χ0n) is 8.82. The Morgan fingerprint density at radius 3 is 2.93 bits per heavy atom. The van der Waals surface area contributed by atoms with Gasteiger partial charge < -0.3 is 5.73 Å². The summed E-state index contributed by atoms with van der Waals surface area (Å²) in [6.07, 6.45) is 0. The molecule has 0 saturated carbocycles. The molecule has 3 heteroatoms. The minimum atomic E-state index is 0.632. The summed E-state index contributed by atoms with van der Waals surface area (Å²) in [6, 6.07) is 8.79. The van der Waals surface area contributed by atoms with E-state index in [1.54, 1.807) is 0 Å². The third-order valence-electron chi connectivity index (χ3n) is 2.32. The van der Waals surface area contributed by atoms with E-state index in [1.165, 1.54) is 26.3 Å². The van der Waals surface area contributed by atoms with Crippen molar-refractivity contribution in [3.05, 3.63) is 34.7 Å². The van der Waals surface area contributed by atoms with Gasteiger partial charge in [0.15, 0.2) is 0 Å². The van der Waals surface area contributed by atoms with Crippen molar-refractivity contribution in [1.82, 2.24) is 0 Å². The Hall–Kier alpha value is -0.510. The second-order valence-electron chi connectivity index (χ2n) is 3.43. The van der Waals surface area contributed by atoms with Crippen LogP contribution in [-0.4, -0.2) is 5.75 Å². The van der Waals surface area contributed by atoms with Crippen LogP contribution in [0, 0.1) is 0 Å². The molecule has 0 unspecified atom stereocenters. The minimum absolute atomic E-state index is 0.632. The standard InChI is InChI=1S/C12H15NS2/c1-2-14-8-11-6-10-4-3-9(7-13)5-12(10)15-11/h3-6H,2,7-8,13H2,1H3.